The highest BCUT2D eigenvalue weighted by Crippen LogP contribution is 2.25. The Labute approximate surface area is 191 Å². The van der Waals surface area contributed by atoms with Crippen LogP contribution < -0.4 is 5.32 Å². The van der Waals surface area contributed by atoms with Crippen molar-refractivity contribution in [2.24, 2.45) is 7.05 Å². The molecule has 0 bridgehead atoms. The van der Waals surface area contributed by atoms with E-state index in [-0.39, 0.29) is 5.91 Å². The smallest absolute Gasteiger partial charge is 0.259 e. The lowest BCUT2D eigenvalue weighted by Crippen LogP contribution is -2.12. The molecular weight excluding hydrogens is 412 g/mol. The summed E-state index contributed by atoms with van der Waals surface area (Å²) in [7, 11) is 1.86. The molecule has 7 heteroatoms. The van der Waals surface area contributed by atoms with E-state index in [0.717, 1.165) is 33.4 Å². The van der Waals surface area contributed by atoms with E-state index in [4.69, 9.17) is 5.10 Å². The van der Waals surface area contributed by atoms with Gasteiger partial charge in [0.25, 0.3) is 5.91 Å². The molecule has 3 heterocycles. The van der Waals surface area contributed by atoms with Crippen molar-refractivity contribution >= 4 is 22.6 Å². The van der Waals surface area contributed by atoms with E-state index in [1.807, 2.05) is 86.2 Å². The molecule has 0 atom stereocenters. The minimum absolute atomic E-state index is 0.229. The van der Waals surface area contributed by atoms with Gasteiger partial charge >= 0.3 is 0 Å². The number of fused-ring (bicyclic) bond motifs is 1. The summed E-state index contributed by atoms with van der Waals surface area (Å²) in [6, 6.07) is 20.0. The number of hydrogen-bond acceptors (Lipinski definition) is 4. The Bertz CT molecular complexity index is 1450. The highest BCUT2D eigenvalue weighted by atomic mass is 16.1. The summed E-state index contributed by atoms with van der Waals surface area (Å²) >= 11 is 0. The number of pyridine rings is 1. The zero-order valence-corrected chi connectivity index (χ0v) is 18.8. The number of carbonyl (C=O) groups excluding carboxylic acids is 1. The molecule has 1 N–H and O–H groups in total. The molecule has 164 valence electrons. The van der Waals surface area contributed by atoms with Gasteiger partial charge in [0.1, 0.15) is 5.69 Å². The highest BCUT2D eigenvalue weighted by molar-refractivity contribution is 6.08. The molecule has 0 aliphatic heterocycles. The van der Waals surface area contributed by atoms with Crippen LogP contribution >= 0.6 is 0 Å². The summed E-state index contributed by atoms with van der Waals surface area (Å²) in [6.07, 6.45) is 3.46. The number of aryl methyl sites for hydroxylation is 3. The first-order valence-corrected chi connectivity index (χ1v) is 10.8. The lowest BCUT2D eigenvalue weighted by Gasteiger charge is -2.06. The Morgan fingerprint density at radius 3 is 2.52 bits per heavy atom. The molecule has 3 aromatic heterocycles. The third-order valence-electron chi connectivity index (χ3n) is 5.64. The molecule has 33 heavy (non-hydrogen) atoms. The second-order valence-electron chi connectivity index (χ2n) is 8.20. The molecule has 5 rings (SSSR count). The standard InChI is InChI=1S/C26H24N6O/c1-17-9-11-20(12-10-17)24-23(16-32(30-24)15-19-7-5-4-6-8-19)26(33)28-21-13-22-18(2)29-31(3)25(22)27-14-21/h4-14,16H,15H2,1-3H3,(H,28,33). The normalized spacial score (nSPS) is 11.1. The predicted octanol–water partition coefficient (Wildman–Crippen LogP) is 4.75. The van der Waals surface area contributed by atoms with Crippen molar-refractivity contribution in [2.45, 2.75) is 20.4 Å². The van der Waals surface area contributed by atoms with Gasteiger partial charge in [-0.25, -0.2) is 4.98 Å². The van der Waals surface area contributed by atoms with Crippen LogP contribution in [0.1, 0.15) is 27.2 Å². The molecule has 7 nitrogen and oxygen atoms in total. The minimum Gasteiger partial charge on any atom is -0.320 e. The van der Waals surface area contributed by atoms with Gasteiger partial charge in [-0.3, -0.25) is 14.2 Å². The Morgan fingerprint density at radius 2 is 1.76 bits per heavy atom. The van der Waals surface area contributed by atoms with Gasteiger partial charge in [-0.2, -0.15) is 10.2 Å². The van der Waals surface area contributed by atoms with Crippen molar-refractivity contribution in [1.82, 2.24) is 24.5 Å². The predicted molar refractivity (Wildman–Crippen MR) is 129 cm³/mol. The van der Waals surface area contributed by atoms with Crippen molar-refractivity contribution in [2.75, 3.05) is 5.32 Å². The summed E-state index contributed by atoms with van der Waals surface area (Å²) in [5.74, 6) is -0.229. The van der Waals surface area contributed by atoms with Crippen LogP contribution in [0.15, 0.2) is 73.1 Å². The van der Waals surface area contributed by atoms with Crippen molar-refractivity contribution in [3.63, 3.8) is 0 Å². The van der Waals surface area contributed by atoms with E-state index in [1.165, 1.54) is 0 Å². The molecule has 1 amide bonds. The average Bonchev–Trinajstić information content (AvgIpc) is 3.35. The van der Waals surface area contributed by atoms with Crippen LogP contribution in [0.2, 0.25) is 0 Å². The molecule has 0 aliphatic carbocycles. The highest BCUT2D eigenvalue weighted by Gasteiger charge is 2.19. The molecule has 5 aromatic rings. The summed E-state index contributed by atoms with van der Waals surface area (Å²) in [6.45, 7) is 4.54. The van der Waals surface area contributed by atoms with Gasteiger partial charge in [-0.1, -0.05) is 60.2 Å². The van der Waals surface area contributed by atoms with E-state index in [9.17, 15) is 4.79 Å². The molecule has 0 unspecified atom stereocenters. The van der Waals surface area contributed by atoms with Crippen LogP contribution in [0.5, 0.6) is 0 Å². The first-order chi connectivity index (χ1) is 16.0. The van der Waals surface area contributed by atoms with Crippen LogP contribution in [0.25, 0.3) is 22.3 Å². The van der Waals surface area contributed by atoms with Gasteiger partial charge in [0, 0.05) is 24.2 Å². The first kappa shape index (κ1) is 20.6. The quantitative estimate of drug-likeness (QED) is 0.431. The fourth-order valence-corrected chi connectivity index (χ4v) is 3.94. The monoisotopic (exact) mass is 436 g/mol. The van der Waals surface area contributed by atoms with Crippen LogP contribution in [0.3, 0.4) is 0 Å². The SMILES string of the molecule is Cc1ccc(-c2nn(Cc3ccccc3)cc2C(=O)Nc2cnc3c(c2)c(C)nn3C)cc1. The Hall–Kier alpha value is -4.26. The molecule has 0 fully saturated rings. The van der Waals surface area contributed by atoms with E-state index in [2.05, 4.69) is 15.4 Å². The van der Waals surface area contributed by atoms with Gasteiger partial charge in [-0.15, -0.1) is 0 Å². The number of nitrogens with one attached hydrogen (secondary N) is 1. The number of carbonyl (C=O) groups is 1. The zero-order chi connectivity index (χ0) is 22.9. The Morgan fingerprint density at radius 1 is 1.00 bits per heavy atom. The molecule has 0 saturated heterocycles. The molecule has 0 spiro atoms. The maximum absolute atomic E-state index is 13.4. The van der Waals surface area contributed by atoms with Gasteiger partial charge in [0.05, 0.1) is 29.7 Å². The number of amides is 1. The molecule has 0 aliphatic rings. The van der Waals surface area contributed by atoms with E-state index in [0.29, 0.717) is 23.5 Å². The van der Waals surface area contributed by atoms with Gasteiger partial charge in [0.2, 0.25) is 0 Å². The maximum atomic E-state index is 13.4. The van der Waals surface area contributed by atoms with Crippen LogP contribution in [0, 0.1) is 13.8 Å². The van der Waals surface area contributed by atoms with Gasteiger partial charge < -0.3 is 5.32 Å². The van der Waals surface area contributed by atoms with Crippen LogP contribution in [-0.4, -0.2) is 30.5 Å². The van der Waals surface area contributed by atoms with Crippen molar-refractivity contribution in [3.8, 4) is 11.3 Å². The number of benzene rings is 2. The number of anilines is 1. The maximum Gasteiger partial charge on any atom is 0.259 e. The van der Waals surface area contributed by atoms with Crippen molar-refractivity contribution in [1.29, 1.82) is 0 Å². The average molecular weight is 437 g/mol. The minimum atomic E-state index is -0.229. The van der Waals surface area contributed by atoms with Crippen LogP contribution in [-0.2, 0) is 13.6 Å². The number of rotatable bonds is 5. The molecule has 2 aromatic carbocycles. The second-order valence-corrected chi connectivity index (χ2v) is 8.20. The zero-order valence-electron chi connectivity index (χ0n) is 18.8. The summed E-state index contributed by atoms with van der Waals surface area (Å²) in [5, 5.41) is 13.1. The number of hydrogen-bond donors (Lipinski definition) is 1. The largest absolute Gasteiger partial charge is 0.320 e. The lowest BCUT2D eigenvalue weighted by molar-refractivity contribution is 0.102. The fourth-order valence-electron chi connectivity index (χ4n) is 3.94. The van der Waals surface area contributed by atoms with E-state index in [1.54, 1.807) is 17.1 Å². The third-order valence-corrected chi connectivity index (χ3v) is 5.64. The van der Waals surface area contributed by atoms with Crippen molar-refractivity contribution in [3.05, 3.63) is 95.4 Å². The number of aromatic nitrogens is 5. The molecule has 0 radical (unpaired) electrons. The van der Waals surface area contributed by atoms with Gasteiger partial charge in [0.15, 0.2) is 5.65 Å². The lowest BCUT2D eigenvalue weighted by atomic mass is 10.1. The Balaban J connectivity index is 1.50. The summed E-state index contributed by atoms with van der Waals surface area (Å²) < 4.78 is 3.55. The Kier molecular flexibility index (Phi) is 5.22. The van der Waals surface area contributed by atoms with Crippen molar-refractivity contribution < 1.29 is 4.79 Å². The third kappa shape index (κ3) is 4.13. The fraction of sp³-hybridized carbons (Fsp3) is 0.154. The van der Waals surface area contributed by atoms with E-state index >= 15 is 0 Å². The molecular formula is C26H24N6O. The molecule has 0 saturated carbocycles. The first-order valence-electron chi connectivity index (χ1n) is 10.8. The number of nitrogens with zero attached hydrogens (tertiary/aromatic N) is 5. The summed E-state index contributed by atoms with van der Waals surface area (Å²) in [4.78, 5) is 17.8. The van der Waals surface area contributed by atoms with Crippen LogP contribution in [0.4, 0.5) is 5.69 Å². The topological polar surface area (TPSA) is 77.6 Å². The van der Waals surface area contributed by atoms with E-state index < -0.39 is 0 Å². The second kappa shape index (κ2) is 8.35. The summed E-state index contributed by atoms with van der Waals surface area (Å²) in [5.41, 5.74) is 6.59. The van der Waals surface area contributed by atoms with Gasteiger partial charge in [-0.05, 0) is 25.5 Å².